The van der Waals surface area contributed by atoms with E-state index in [1.807, 2.05) is 0 Å². The van der Waals surface area contributed by atoms with Crippen LogP contribution in [-0.2, 0) is 6.42 Å². The van der Waals surface area contributed by atoms with Gasteiger partial charge >= 0.3 is 0 Å². The molecule has 0 saturated carbocycles. The van der Waals surface area contributed by atoms with Crippen LogP contribution in [0, 0.1) is 0 Å². The molecule has 4 rings (SSSR count). The maximum Gasteiger partial charge on any atom is 0.0378 e. The van der Waals surface area contributed by atoms with Crippen molar-refractivity contribution >= 4 is 15.9 Å². The van der Waals surface area contributed by atoms with E-state index >= 15 is 0 Å². The van der Waals surface area contributed by atoms with Gasteiger partial charge in [-0.05, 0) is 18.1 Å². The number of rotatable bonds is 3. The Balaban J connectivity index is 1.68. The molecule has 3 aliphatic heterocycles. The molecule has 3 saturated heterocycles. The average molecular weight is 310 g/mol. The monoisotopic (exact) mass is 309 g/mol. The Labute approximate surface area is 117 Å². The van der Waals surface area contributed by atoms with Crippen LogP contribution in [0.25, 0.3) is 0 Å². The van der Waals surface area contributed by atoms with Crippen molar-refractivity contribution in [2.75, 3.05) is 32.7 Å². The number of fused-ring (bicyclic) bond motifs is 3. The highest BCUT2D eigenvalue weighted by Crippen LogP contribution is 2.22. The lowest BCUT2D eigenvalue weighted by molar-refractivity contribution is 0.00257. The molecule has 3 nitrogen and oxygen atoms in total. The Morgan fingerprint density at radius 1 is 1.22 bits per heavy atom. The Morgan fingerprint density at radius 2 is 1.94 bits per heavy atom. The number of benzene rings is 1. The quantitative estimate of drug-likeness (QED) is 0.914. The molecule has 3 aliphatic rings. The summed E-state index contributed by atoms with van der Waals surface area (Å²) in [5, 5.41) is 0. The van der Waals surface area contributed by atoms with Gasteiger partial charge in [0.05, 0.1) is 0 Å². The molecule has 18 heavy (non-hydrogen) atoms. The standard InChI is InChI=1S/C14H20BrN3/c15-12-4-2-1-3-11(12)9-13(16)14-10-17-5-7-18(14)8-6-17/h1-4,13-14H,5-10,16H2. The third kappa shape index (κ3) is 2.48. The van der Waals surface area contributed by atoms with E-state index in [2.05, 4.69) is 50.0 Å². The van der Waals surface area contributed by atoms with Gasteiger partial charge in [-0.25, -0.2) is 0 Å². The van der Waals surface area contributed by atoms with E-state index in [1.54, 1.807) is 0 Å². The summed E-state index contributed by atoms with van der Waals surface area (Å²) in [6.07, 6.45) is 0.955. The van der Waals surface area contributed by atoms with E-state index < -0.39 is 0 Å². The van der Waals surface area contributed by atoms with Crippen LogP contribution < -0.4 is 5.73 Å². The normalized spacial score (nSPS) is 32.4. The van der Waals surface area contributed by atoms with Crippen LogP contribution in [0.1, 0.15) is 5.56 Å². The summed E-state index contributed by atoms with van der Waals surface area (Å²) in [4.78, 5) is 5.12. The minimum atomic E-state index is 0.229. The highest BCUT2D eigenvalue weighted by Gasteiger charge is 2.35. The molecule has 4 heteroatoms. The molecule has 1 aromatic carbocycles. The molecule has 3 heterocycles. The first-order valence-corrected chi connectivity index (χ1v) is 7.49. The molecular weight excluding hydrogens is 290 g/mol. The fourth-order valence-electron chi connectivity index (χ4n) is 3.12. The van der Waals surface area contributed by atoms with E-state index in [1.165, 1.54) is 36.2 Å². The van der Waals surface area contributed by atoms with E-state index in [-0.39, 0.29) is 6.04 Å². The Morgan fingerprint density at radius 3 is 2.56 bits per heavy atom. The van der Waals surface area contributed by atoms with Crippen molar-refractivity contribution in [3.05, 3.63) is 34.3 Å². The summed E-state index contributed by atoms with van der Waals surface area (Å²) < 4.78 is 1.18. The molecule has 98 valence electrons. The highest BCUT2D eigenvalue weighted by molar-refractivity contribution is 9.10. The van der Waals surface area contributed by atoms with Crippen molar-refractivity contribution in [1.29, 1.82) is 0 Å². The van der Waals surface area contributed by atoms with Gasteiger partial charge in [-0.15, -0.1) is 0 Å². The summed E-state index contributed by atoms with van der Waals surface area (Å²) in [5.74, 6) is 0. The zero-order valence-corrected chi connectivity index (χ0v) is 12.1. The predicted octanol–water partition coefficient (Wildman–Crippen LogP) is 1.32. The van der Waals surface area contributed by atoms with Crippen molar-refractivity contribution in [2.24, 2.45) is 5.73 Å². The molecule has 3 fully saturated rings. The minimum absolute atomic E-state index is 0.229. The summed E-state index contributed by atoms with van der Waals surface area (Å²) >= 11 is 3.61. The fraction of sp³-hybridized carbons (Fsp3) is 0.571. The number of halogens is 1. The smallest absolute Gasteiger partial charge is 0.0378 e. The Hall–Kier alpha value is -0.420. The highest BCUT2D eigenvalue weighted by atomic mass is 79.9. The Kier molecular flexibility index (Phi) is 3.71. The van der Waals surface area contributed by atoms with Crippen LogP contribution in [0.5, 0.6) is 0 Å². The van der Waals surface area contributed by atoms with E-state index in [0.29, 0.717) is 6.04 Å². The summed E-state index contributed by atoms with van der Waals surface area (Å²) in [5.41, 5.74) is 7.77. The lowest BCUT2D eigenvalue weighted by Crippen LogP contribution is -2.66. The molecule has 0 aliphatic carbocycles. The predicted molar refractivity (Wildman–Crippen MR) is 77.6 cm³/mol. The van der Waals surface area contributed by atoms with Gasteiger partial charge in [0, 0.05) is 49.3 Å². The van der Waals surface area contributed by atoms with Gasteiger partial charge < -0.3 is 5.73 Å². The van der Waals surface area contributed by atoms with Crippen molar-refractivity contribution in [2.45, 2.75) is 18.5 Å². The van der Waals surface area contributed by atoms with Crippen molar-refractivity contribution in [1.82, 2.24) is 9.80 Å². The number of hydrogen-bond donors (Lipinski definition) is 1. The lowest BCUT2D eigenvalue weighted by Gasteiger charge is -2.49. The minimum Gasteiger partial charge on any atom is -0.326 e. The van der Waals surface area contributed by atoms with E-state index in [9.17, 15) is 0 Å². The maximum atomic E-state index is 6.45. The van der Waals surface area contributed by atoms with Crippen LogP contribution in [-0.4, -0.2) is 54.6 Å². The molecule has 0 radical (unpaired) electrons. The van der Waals surface area contributed by atoms with Crippen LogP contribution in [0.2, 0.25) is 0 Å². The van der Waals surface area contributed by atoms with Gasteiger partial charge in [0.25, 0.3) is 0 Å². The first-order chi connectivity index (χ1) is 8.74. The van der Waals surface area contributed by atoms with E-state index in [4.69, 9.17) is 5.73 Å². The molecule has 1 aromatic rings. The molecule has 2 N–H and O–H groups in total. The Bertz CT molecular complexity index is 415. The van der Waals surface area contributed by atoms with E-state index in [0.717, 1.165) is 13.0 Å². The molecule has 0 amide bonds. The molecule has 0 spiro atoms. The van der Waals surface area contributed by atoms with Gasteiger partial charge in [-0.3, -0.25) is 9.80 Å². The third-order valence-corrected chi connectivity index (χ3v) is 5.00. The molecule has 2 atom stereocenters. The van der Waals surface area contributed by atoms with Gasteiger partial charge in [0.15, 0.2) is 0 Å². The van der Waals surface area contributed by atoms with Crippen molar-refractivity contribution < 1.29 is 0 Å². The number of piperazine rings is 3. The summed E-state index contributed by atoms with van der Waals surface area (Å²) in [7, 11) is 0. The number of hydrogen-bond acceptors (Lipinski definition) is 3. The first-order valence-electron chi connectivity index (χ1n) is 6.69. The molecule has 0 aromatic heterocycles. The maximum absolute atomic E-state index is 6.45. The number of nitrogens with zero attached hydrogens (tertiary/aromatic N) is 2. The molecule has 2 bridgehead atoms. The largest absolute Gasteiger partial charge is 0.326 e. The summed E-state index contributed by atoms with van der Waals surface area (Å²) in [6, 6.07) is 9.16. The second-order valence-electron chi connectivity index (χ2n) is 5.36. The van der Waals surface area contributed by atoms with Crippen molar-refractivity contribution in [3.63, 3.8) is 0 Å². The second-order valence-corrected chi connectivity index (χ2v) is 6.22. The van der Waals surface area contributed by atoms with Crippen LogP contribution in [0.4, 0.5) is 0 Å². The van der Waals surface area contributed by atoms with Gasteiger partial charge in [0.1, 0.15) is 0 Å². The first kappa shape index (κ1) is 12.6. The zero-order chi connectivity index (χ0) is 12.5. The van der Waals surface area contributed by atoms with Crippen LogP contribution >= 0.6 is 15.9 Å². The van der Waals surface area contributed by atoms with Crippen LogP contribution in [0.3, 0.4) is 0 Å². The van der Waals surface area contributed by atoms with Crippen molar-refractivity contribution in [3.8, 4) is 0 Å². The van der Waals surface area contributed by atoms with Gasteiger partial charge in [0.2, 0.25) is 0 Å². The fourth-order valence-corrected chi connectivity index (χ4v) is 3.56. The summed E-state index contributed by atoms with van der Waals surface area (Å²) in [6.45, 7) is 5.96. The molecule has 2 unspecified atom stereocenters. The SMILES string of the molecule is NC(Cc1ccccc1Br)C1CN2CCN1CC2. The van der Waals surface area contributed by atoms with Gasteiger partial charge in [-0.2, -0.15) is 0 Å². The molecular formula is C14H20BrN3. The van der Waals surface area contributed by atoms with Crippen LogP contribution in [0.15, 0.2) is 28.7 Å². The lowest BCUT2D eigenvalue weighted by atomic mass is 9.95. The second kappa shape index (κ2) is 5.29. The topological polar surface area (TPSA) is 32.5 Å². The number of nitrogens with two attached hydrogens (primary N) is 1. The zero-order valence-electron chi connectivity index (χ0n) is 10.6. The average Bonchev–Trinajstić information content (AvgIpc) is 2.42. The third-order valence-electron chi connectivity index (χ3n) is 4.23. The van der Waals surface area contributed by atoms with Gasteiger partial charge in [-0.1, -0.05) is 34.1 Å².